The monoisotopic (exact) mass is 215 g/mol. The van der Waals surface area contributed by atoms with Crippen LogP contribution in [0.2, 0.25) is 0 Å². The van der Waals surface area contributed by atoms with E-state index in [0.29, 0.717) is 12.0 Å². The zero-order valence-electron chi connectivity index (χ0n) is 9.38. The van der Waals surface area contributed by atoms with Gasteiger partial charge in [0.2, 0.25) is 0 Å². The molecule has 0 saturated heterocycles. The van der Waals surface area contributed by atoms with Crippen LogP contribution in [0, 0.1) is 18.3 Å². The van der Waals surface area contributed by atoms with Crippen molar-refractivity contribution in [1.29, 1.82) is 0 Å². The minimum atomic E-state index is 0.450. The Bertz CT molecular complexity index is 165. The molecule has 2 nitrogen and oxygen atoms in total. The average molecular weight is 215 g/mol. The molecule has 0 spiro atoms. The Labute approximate surface area is 92.2 Å². The molecule has 0 bridgehead atoms. The highest BCUT2D eigenvalue weighted by Gasteiger charge is 2.11. The molecule has 0 heterocycles. The van der Waals surface area contributed by atoms with E-state index in [0.717, 1.165) is 24.7 Å². The van der Waals surface area contributed by atoms with E-state index in [1.807, 2.05) is 0 Å². The van der Waals surface area contributed by atoms with Gasteiger partial charge in [0.15, 0.2) is 0 Å². The van der Waals surface area contributed by atoms with E-state index in [-0.39, 0.29) is 0 Å². The Hall–Kier alpha value is -0.170. The maximum Gasteiger partial charge on any atom is 0.0618 e. The van der Waals surface area contributed by atoms with Crippen molar-refractivity contribution in [3.63, 3.8) is 0 Å². The Morgan fingerprint density at radius 3 is 2.71 bits per heavy atom. The molecule has 0 amide bonds. The first-order valence-corrected chi connectivity index (χ1v) is 6.11. The van der Waals surface area contributed by atoms with Crippen molar-refractivity contribution >= 4 is 11.8 Å². The standard InChI is InChI=1S/C11H21NOS/c1-5-7-14-8-6-12-11(9-13-4)10(2)3/h1,10-12H,6-9H2,2-4H3. The minimum Gasteiger partial charge on any atom is -0.383 e. The van der Waals surface area contributed by atoms with Crippen molar-refractivity contribution in [2.24, 2.45) is 5.92 Å². The van der Waals surface area contributed by atoms with Crippen LogP contribution in [0.25, 0.3) is 0 Å². The van der Waals surface area contributed by atoms with Crippen LogP contribution in [0.4, 0.5) is 0 Å². The Kier molecular flexibility index (Phi) is 9.27. The molecule has 0 aromatic rings. The largest absolute Gasteiger partial charge is 0.383 e. The van der Waals surface area contributed by atoms with Crippen LogP contribution in [0.15, 0.2) is 0 Å². The van der Waals surface area contributed by atoms with Crippen molar-refractivity contribution in [2.45, 2.75) is 19.9 Å². The first-order chi connectivity index (χ1) is 6.72. The summed E-state index contributed by atoms with van der Waals surface area (Å²) < 4.78 is 5.14. The second kappa shape index (κ2) is 9.39. The van der Waals surface area contributed by atoms with E-state index in [4.69, 9.17) is 11.2 Å². The van der Waals surface area contributed by atoms with Crippen LogP contribution in [0.3, 0.4) is 0 Å². The van der Waals surface area contributed by atoms with Crippen molar-refractivity contribution in [2.75, 3.05) is 31.8 Å². The predicted molar refractivity (Wildman–Crippen MR) is 64.7 cm³/mol. The topological polar surface area (TPSA) is 21.3 Å². The van der Waals surface area contributed by atoms with Gasteiger partial charge < -0.3 is 10.1 Å². The summed E-state index contributed by atoms with van der Waals surface area (Å²) in [5, 5.41) is 3.46. The van der Waals surface area contributed by atoms with Crippen LogP contribution in [-0.4, -0.2) is 37.8 Å². The lowest BCUT2D eigenvalue weighted by atomic mass is 10.1. The first kappa shape index (κ1) is 13.8. The maximum absolute atomic E-state index is 5.16. The number of ether oxygens (including phenoxy) is 1. The van der Waals surface area contributed by atoms with Gasteiger partial charge >= 0.3 is 0 Å². The third kappa shape index (κ3) is 7.25. The molecule has 0 radical (unpaired) electrons. The quantitative estimate of drug-likeness (QED) is 0.491. The van der Waals surface area contributed by atoms with Crippen LogP contribution in [-0.2, 0) is 4.74 Å². The second-order valence-electron chi connectivity index (χ2n) is 3.52. The highest BCUT2D eigenvalue weighted by atomic mass is 32.2. The van der Waals surface area contributed by atoms with Crippen LogP contribution in [0.1, 0.15) is 13.8 Å². The summed E-state index contributed by atoms with van der Waals surface area (Å²) in [6, 6.07) is 0.450. The van der Waals surface area contributed by atoms with E-state index >= 15 is 0 Å². The molecule has 3 heteroatoms. The Balaban J connectivity index is 3.46. The molecule has 14 heavy (non-hydrogen) atoms. The lowest BCUT2D eigenvalue weighted by Gasteiger charge is -2.21. The zero-order valence-corrected chi connectivity index (χ0v) is 10.2. The van der Waals surface area contributed by atoms with Crippen LogP contribution < -0.4 is 5.32 Å². The third-order valence-corrected chi connectivity index (χ3v) is 2.85. The smallest absolute Gasteiger partial charge is 0.0618 e. The number of hydrogen-bond donors (Lipinski definition) is 1. The molecule has 0 aliphatic heterocycles. The van der Waals surface area contributed by atoms with Gasteiger partial charge in [-0.25, -0.2) is 0 Å². The summed E-state index contributed by atoms with van der Waals surface area (Å²) in [5.41, 5.74) is 0. The minimum absolute atomic E-state index is 0.450. The number of nitrogens with one attached hydrogen (secondary N) is 1. The maximum atomic E-state index is 5.16. The van der Waals surface area contributed by atoms with E-state index in [1.165, 1.54) is 0 Å². The molecule has 1 atom stereocenters. The highest BCUT2D eigenvalue weighted by Crippen LogP contribution is 2.02. The molecule has 0 rings (SSSR count). The van der Waals surface area contributed by atoms with Gasteiger partial charge in [0.1, 0.15) is 0 Å². The van der Waals surface area contributed by atoms with Crippen LogP contribution in [0.5, 0.6) is 0 Å². The molecule has 0 saturated carbocycles. The Morgan fingerprint density at radius 1 is 1.50 bits per heavy atom. The fourth-order valence-electron chi connectivity index (χ4n) is 1.11. The number of hydrogen-bond acceptors (Lipinski definition) is 3. The molecule has 0 aromatic carbocycles. The summed E-state index contributed by atoms with van der Waals surface area (Å²) in [5.74, 6) is 5.09. The molecule has 0 aliphatic carbocycles. The molecule has 0 fully saturated rings. The van der Waals surface area contributed by atoms with Gasteiger partial charge in [-0.3, -0.25) is 0 Å². The fourth-order valence-corrected chi connectivity index (χ4v) is 1.64. The normalized spacial score (nSPS) is 12.8. The molecular formula is C11H21NOS. The lowest BCUT2D eigenvalue weighted by molar-refractivity contribution is 0.148. The van der Waals surface area contributed by atoms with Gasteiger partial charge in [-0.15, -0.1) is 18.2 Å². The molecule has 1 unspecified atom stereocenters. The van der Waals surface area contributed by atoms with Gasteiger partial charge in [0.25, 0.3) is 0 Å². The Morgan fingerprint density at radius 2 is 2.21 bits per heavy atom. The van der Waals surface area contributed by atoms with Crippen molar-refractivity contribution in [3.05, 3.63) is 0 Å². The van der Waals surface area contributed by atoms with E-state index in [2.05, 4.69) is 25.1 Å². The molecule has 0 aromatic heterocycles. The van der Waals surface area contributed by atoms with E-state index in [1.54, 1.807) is 18.9 Å². The molecule has 1 N–H and O–H groups in total. The first-order valence-electron chi connectivity index (χ1n) is 4.96. The number of rotatable bonds is 8. The summed E-state index contributed by atoms with van der Waals surface area (Å²) in [6.07, 6.45) is 5.16. The second-order valence-corrected chi connectivity index (χ2v) is 4.62. The van der Waals surface area contributed by atoms with E-state index in [9.17, 15) is 0 Å². The van der Waals surface area contributed by atoms with Gasteiger partial charge in [-0.05, 0) is 5.92 Å². The summed E-state index contributed by atoms with van der Waals surface area (Å²) in [6.45, 7) is 6.17. The average Bonchev–Trinajstić information content (AvgIpc) is 2.15. The predicted octanol–water partition coefficient (Wildman–Crippen LogP) is 1.61. The van der Waals surface area contributed by atoms with Gasteiger partial charge in [0.05, 0.1) is 12.4 Å². The number of thioether (sulfide) groups is 1. The summed E-state index contributed by atoms with van der Waals surface area (Å²) in [4.78, 5) is 0. The lowest BCUT2D eigenvalue weighted by Crippen LogP contribution is -2.38. The van der Waals surface area contributed by atoms with Gasteiger partial charge in [-0.2, -0.15) is 0 Å². The number of terminal acetylenes is 1. The summed E-state index contributed by atoms with van der Waals surface area (Å²) >= 11 is 1.79. The number of methoxy groups -OCH3 is 1. The van der Waals surface area contributed by atoms with Crippen molar-refractivity contribution < 1.29 is 4.74 Å². The third-order valence-electron chi connectivity index (χ3n) is 1.99. The van der Waals surface area contributed by atoms with Crippen molar-refractivity contribution in [3.8, 4) is 12.3 Å². The summed E-state index contributed by atoms with van der Waals surface area (Å²) in [7, 11) is 1.74. The molecule has 82 valence electrons. The molecular weight excluding hydrogens is 194 g/mol. The van der Waals surface area contributed by atoms with Crippen LogP contribution >= 0.6 is 11.8 Å². The van der Waals surface area contributed by atoms with Gasteiger partial charge in [0, 0.05) is 25.4 Å². The zero-order chi connectivity index (χ0) is 10.8. The van der Waals surface area contributed by atoms with Crippen molar-refractivity contribution in [1.82, 2.24) is 5.32 Å². The van der Waals surface area contributed by atoms with E-state index < -0.39 is 0 Å². The fraction of sp³-hybridized carbons (Fsp3) is 0.818. The highest BCUT2D eigenvalue weighted by molar-refractivity contribution is 7.99. The molecule has 0 aliphatic rings. The SMILES string of the molecule is C#CCSCCNC(COC)C(C)C. The van der Waals surface area contributed by atoms with Gasteiger partial charge in [-0.1, -0.05) is 19.8 Å².